The van der Waals surface area contributed by atoms with E-state index >= 15 is 0 Å². The number of rotatable bonds is 4. The van der Waals surface area contributed by atoms with E-state index in [0.29, 0.717) is 18.0 Å². The molecule has 0 aromatic carbocycles. The first kappa shape index (κ1) is 28.2. The van der Waals surface area contributed by atoms with Crippen LogP contribution in [-0.4, -0.2) is 58.0 Å². The second kappa shape index (κ2) is 13.3. The minimum Gasteiger partial charge on any atom is -0.296 e. The average Bonchev–Trinajstić information content (AvgIpc) is 3.72. The van der Waals surface area contributed by atoms with Crippen LogP contribution in [0.3, 0.4) is 0 Å². The second-order valence-corrected chi connectivity index (χ2v) is 9.55. The van der Waals surface area contributed by atoms with Crippen LogP contribution >= 0.6 is 0 Å². The van der Waals surface area contributed by atoms with Crippen LogP contribution in [0.2, 0.25) is 0 Å². The van der Waals surface area contributed by atoms with E-state index in [-0.39, 0.29) is 5.82 Å². The molecule has 0 saturated carbocycles. The van der Waals surface area contributed by atoms with Crippen LogP contribution < -0.4 is 0 Å². The van der Waals surface area contributed by atoms with E-state index in [1.807, 2.05) is 40.1 Å². The Labute approximate surface area is 218 Å². The quantitative estimate of drug-likeness (QED) is 0.466. The number of likely N-dealkylation sites (N-methyl/N-ethyl adjacent to an activating group) is 2. The smallest absolute Gasteiger partial charge is 0.141 e. The standard InChI is InChI=1S/C14H18N2.C13H15FN2.2C2H6/c1-3-16-9-11-5-13(14(16)6-11)12-4-10(2)7-15-8-12;1-2-16-8-9-5-11(13(16)6-9)12-4-3-10(14)7-15-12;2*1-2/h4-5,7-8,11,14H,3,6,9H2,1-2H3;3-5,7,9,13H,2,6,8H2,1H3;2*1-2H3. The molecule has 4 nitrogen and oxygen atoms in total. The van der Waals surface area contributed by atoms with Gasteiger partial charge in [0, 0.05) is 37.6 Å². The zero-order chi connectivity index (χ0) is 26.2. The van der Waals surface area contributed by atoms with Crippen LogP contribution in [0.5, 0.6) is 0 Å². The maximum absolute atomic E-state index is 12.8. The minimum absolute atomic E-state index is 0.264. The molecule has 2 aromatic rings. The Morgan fingerprint density at radius 2 is 1.42 bits per heavy atom. The molecular formula is C31H45FN4. The fraction of sp³-hybridized carbons (Fsp3) is 0.548. The van der Waals surface area contributed by atoms with Crippen LogP contribution in [-0.2, 0) is 0 Å². The van der Waals surface area contributed by atoms with Gasteiger partial charge in [0.1, 0.15) is 5.82 Å². The van der Waals surface area contributed by atoms with Gasteiger partial charge >= 0.3 is 0 Å². The molecule has 0 radical (unpaired) electrons. The van der Waals surface area contributed by atoms with Crippen molar-refractivity contribution in [2.45, 2.75) is 73.4 Å². The fourth-order valence-corrected chi connectivity index (χ4v) is 6.00. The molecule has 4 heterocycles. The van der Waals surface area contributed by atoms with E-state index in [9.17, 15) is 4.39 Å². The molecule has 4 atom stereocenters. The SMILES string of the molecule is CC.CC.CCN1CC2C=C(c3ccc(F)cn3)C1C2.CCN1CC2C=C(c3cncc(C)c3)C1C2. The van der Waals surface area contributed by atoms with Crippen molar-refractivity contribution in [1.29, 1.82) is 0 Å². The molecule has 2 saturated heterocycles. The van der Waals surface area contributed by atoms with Gasteiger partial charge in [-0.15, -0.1) is 0 Å². The average molecular weight is 493 g/mol. The van der Waals surface area contributed by atoms with Gasteiger partial charge in [0.15, 0.2) is 0 Å². The number of likely N-dealkylation sites (tertiary alicyclic amines) is 2. The molecule has 196 valence electrons. The molecule has 4 unspecified atom stereocenters. The molecule has 2 aliphatic heterocycles. The number of hydrogen-bond acceptors (Lipinski definition) is 4. The first-order valence-corrected chi connectivity index (χ1v) is 14.0. The van der Waals surface area contributed by atoms with Crippen LogP contribution in [0.4, 0.5) is 4.39 Å². The Balaban J connectivity index is 0.000000177. The highest BCUT2D eigenvalue weighted by molar-refractivity contribution is 5.73. The number of nitrogens with zero attached hydrogens (tertiary/aromatic N) is 4. The molecule has 2 fully saturated rings. The van der Waals surface area contributed by atoms with Gasteiger partial charge in [-0.2, -0.15) is 0 Å². The molecule has 2 aromatic heterocycles. The van der Waals surface area contributed by atoms with Crippen molar-refractivity contribution in [3.05, 3.63) is 71.6 Å². The van der Waals surface area contributed by atoms with E-state index in [1.54, 1.807) is 6.07 Å². The van der Waals surface area contributed by atoms with E-state index in [1.165, 1.54) is 60.5 Å². The largest absolute Gasteiger partial charge is 0.296 e. The molecule has 4 bridgehead atoms. The summed E-state index contributed by atoms with van der Waals surface area (Å²) in [5, 5.41) is 0. The summed E-state index contributed by atoms with van der Waals surface area (Å²) >= 11 is 0. The van der Waals surface area contributed by atoms with Crippen molar-refractivity contribution in [3.63, 3.8) is 0 Å². The Kier molecular flexibility index (Phi) is 10.4. The number of hydrogen-bond donors (Lipinski definition) is 0. The normalized spacial score (nSPS) is 25.7. The predicted octanol–water partition coefficient (Wildman–Crippen LogP) is 6.88. The highest BCUT2D eigenvalue weighted by Crippen LogP contribution is 2.42. The van der Waals surface area contributed by atoms with Gasteiger partial charge in [0.2, 0.25) is 0 Å². The summed E-state index contributed by atoms with van der Waals surface area (Å²) in [5.74, 6) is 1.19. The highest BCUT2D eigenvalue weighted by atomic mass is 19.1. The molecule has 0 amide bonds. The van der Waals surface area contributed by atoms with Crippen molar-refractivity contribution in [2.24, 2.45) is 11.8 Å². The van der Waals surface area contributed by atoms with Crippen molar-refractivity contribution in [3.8, 4) is 0 Å². The number of pyridine rings is 2. The van der Waals surface area contributed by atoms with Crippen LogP contribution in [0.1, 0.15) is 71.2 Å². The third-order valence-electron chi connectivity index (χ3n) is 7.46. The van der Waals surface area contributed by atoms with Gasteiger partial charge in [-0.3, -0.25) is 19.8 Å². The lowest BCUT2D eigenvalue weighted by atomic mass is 10.0. The molecule has 5 heteroatoms. The first-order valence-electron chi connectivity index (χ1n) is 14.0. The number of fused-ring (bicyclic) bond motifs is 4. The van der Waals surface area contributed by atoms with Gasteiger partial charge in [0.05, 0.1) is 11.9 Å². The molecule has 0 spiro atoms. The topological polar surface area (TPSA) is 32.3 Å². The Morgan fingerprint density at radius 3 is 1.92 bits per heavy atom. The summed E-state index contributed by atoms with van der Waals surface area (Å²) in [6, 6.07) is 6.70. The summed E-state index contributed by atoms with van der Waals surface area (Å²) in [6.07, 6.45) is 12.5. The second-order valence-electron chi connectivity index (χ2n) is 9.55. The molecule has 4 aliphatic rings. The van der Waals surface area contributed by atoms with Gasteiger partial charge < -0.3 is 0 Å². The monoisotopic (exact) mass is 492 g/mol. The lowest BCUT2D eigenvalue weighted by Gasteiger charge is -2.27. The Morgan fingerprint density at radius 1 is 0.833 bits per heavy atom. The molecule has 6 rings (SSSR count). The van der Waals surface area contributed by atoms with Crippen LogP contribution in [0.25, 0.3) is 11.1 Å². The first-order chi connectivity index (χ1) is 17.6. The third kappa shape index (κ3) is 6.12. The summed E-state index contributed by atoms with van der Waals surface area (Å²) < 4.78 is 12.8. The van der Waals surface area contributed by atoms with Crippen molar-refractivity contribution in [2.75, 3.05) is 26.2 Å². The summed E-state index contributed by atoms with van der Waals surface area (Å²) in [7, 11) is 0. The summed E-state index contributed by atoms with van der Waals surface area (Å²) in [5.41, 5.74) is 6.31. The summed E-state index contributed by atoms with van der Waals surface area (Å²) in [4.78, 5) is 13.5. The van der Waals surface area contributed by atoms with E-state index in [4.69, 9.17) is 0 Å². The van der Waals surface area contributed by atoms with E-state index < -0.39 is 0 Å². The van der Waals surface area contributed by atoms with E-state index in [0.717, 1.165) is 24.7 Å². The zero-order valence-electron chi connectivity index (χ0n) is 23.3. The van der Waals surface area contributed by atoms with Gasteiger partial charge in [-0.05, 0) is 85.2 Å². The van der Waals surface area contributed by atoms with Crippen molar-refractivity contribution >= 4 is 11.1 Å². The third-order valence-corrected chi connectivity index (χ3v) is 7.46. The zero-order valence-corrected chi connectivity index (χ0v) is 23.3. The molecule has 36 heavy (non-hydrogen) atoms. The van der Waals surface area contributed by atoms with Gasteiger partial charge in [-0.1, -0.05) is 53.7 Å². The predicted molar refractivity (Wildman–Crippen MR) is 150 cm³/mol. The van der Waals surface area contributed by atoms with E-state index in [2.05, 4.69) is 58.8 Å². The summed E-state index contributed by atoms with van der Waals surface area (Å²) in [6.45, 7) is 19.2. The lowest BCUT2D eigenvalue weighted by Crippen LogP contribution is -2.32. The Hall–Kier alpha value is -2.37. The number of halogens is 1. The van der Waals surface area contributed by atoms with Gasteiger partial charge in [-0.25, -0.2) is 4.39 Å². The fourth-order valence-electron chi connectivity index (χ4n) is 6.00. The lowest BCUT2D eigenvalue weighted by molar-refractivity contribution is 0.302. The highest BCUT2D eigenvalue weighted by Gasteiger charge is 2.39. The van der Waals surface area contributed by atoms with Gasteiger partial charge in [0.25, 0.3) is 0 Å². The Bertz CT molecular complexity index is 1030. The number of aromatic nitrogens is 2. The molecule has 2 aliphatic carbocycles. The van der Waals surface area contributed by atoms with Crippen LogP contribution in [0, 0.1) is 24.6 Å². The molecule has 0 N–H and O–H groups in total. The minimum atomic E-state index is -0.264. The van der Waals surface area contributed by atoms with Crippen molar-refractivity contribution in [1.82, 2.24) is 19.8 Å². The van der Waals surface area contributed by atoms with Crippen LogP contribution in [0.15, 0.2) is 48.9 Å². The molecular weight excluding hydrogens is 447 g/mol. The maximum atomic E-state index is 12.8. The maximum Gasteiger partial charge on any atom is 0.141 e. The van der Waals surface area contributed by atoms with Crippen molar-refractivity contribution < 1.29 is 4.39 Å². The number of aryl methyl sites for hydroxylation is 1.